The smallest absolute Gasteiger partial charge is 0.270 e. The van der Waals surface area contributed by atoms with Gasteiger partial charge in [-0.15, -0.1) is 0 Å². The van der Waals surface area contributed by atoms with Gasteiger partial charge in [0.1, 0.15) is 5.69 Å². The number of hydrogen-bond acceptors (Lipinski definition) is 2. The van der Waals surface area contributed by atoms with Crippen molar-refractivity contribution in [3.63, 3.8) is 0 Å². The second kappa shape index (κ2) is 6.18. The number of amides is 1. The molecule has 20 heavy (non-hydrogen) atoms. The molecule has 3 nitrogen and oxygen atoms in total. The van der Waals surface area contributed by atoms with Crippen molar-refractivity contribution in [2.45, 2.75) is 26.8 Å². The highest BCUT2D eigenvalue weighted by Crippen LogP contribution is 2.19. The van der Waals surface area contributed by atoms with Gasteiger partial charge in [0.25, 0.3) is 5.91 Å². The molecule has 1 atom stereocenters. The van der Waals surface area contributed by atoms with E-state index in [9.17, 15) is 4.79 Å². The van der Waals surface area contributed by atoms with E-state index >= 15 is 0 Å². The molecule has 2 aromatic rings. The van der Waals surface area contributed by atoms with E-state index in [0.29, 0.717) is 5.69 Å². The minimum atomic E-state index is -0.161. The largest absolute Gasteiger partial charge is 0.344 e. The number of benzene rings is 1. The SMILES string of the molecule is Cc1ccc(C)c(C(C)NC(=O)c2ccc(Br)cn2)c1. The summed E-state index contributed by atoms with van der Waals surface area (Å²) in [5.74, 6) is -0.161. The molecular weight excluding hydrogens is 316 g/mol. The maximum absolute atomic E-state index is 12.1. The lowest BCUT2D eigenvalue weighted by Crippen LogP contribution is -2.27. The summed E-state index contributed by atoms with van der Waals surface area (Å²) in [5.41, 5.74) is 3.92. The molecule has 0 radical (unpaired) electrons. The fourth-order valence-electron chi connectivity index (χ4n) is 2.08. The topological polar surface area (TPSA) is 42.0 Å². The molecule has 0 fully saturated rings. The van der Waals surface area contributed by atoms with Gasteiger partial charge < -0.3 is 5.32 Å². The molecule has 1 N–H and O–H groups in total. The van der Waals surface area contributed by atoms with E-state index in [1.54, 1.807) is 12.3 Å². The molecule has 1 amide bonds. The van der Waals surface area contributed by atoms with Crippen molar-refractivity contribution < 1.29 is 4.79 Å². The Morgan fingerprint density at radius 3 is 2.65 bits per heavy atom. The first-order valence-corrected chi connectivity index (χ1v) is 7.26. The zero-order valence-corrected chi connectivity index (χ0v) is 13.4. The van der Waals surface area contributed by atoms with E-state index in [1.807, 2.05) is 19.9 Å². The number of hydrogen-bond donors (Lipinski definition) is 1. The second-order valence-electron chi connectivity index (χ2n) is 4.92. The third-order valence-electron chi connectivity index (χ3n) is 3.21. The molecule has 4 heteroatoms. The van der Waals surface area contributed by atoms with E-state index in [1.165, 1.54) is 11.1 Å². The summed E-state index contributed by atoms with van der Waals surface area (Å²) in [6.45, 7) is 6.08. The Labute approximate surface area is 127 Å². The number of nitrogens with one attached hydrogen (secondary N) is 1. The van der Waals surface area contributed by atoms with Crippen LogP contribution in [0.25, 0.3) is 0 Å². The second-order valence-corrected chi connectivity index (χ2v) is 5.83. The Balaban J connectivity index is 2.15. The molecule has 1 unspecified atom stereocenters. The number of halogens is 1. The van der Waals surface area contributed by atoms with E-state index < -0.39 is 0 Å². The Morgan fingerprint density at radius 2 is 2.00 bits per heavy atom. The molecule has 0 aliphatic rings. The molecule has 1 aromatic carbocycles. The maximum atomic E-state index is 12.1. The summed E-state index contributed by atoms with van der Waals surface area (Å²) in [4.78, 5) is 16.3. The first-order chi connectivity index (χ1) is 9.47. The highest BCUT2D eigenvalue weighted by atomic mass is 79.9. The fourth-order valence-corrected chi connectivity index (χ4v) is 2.32. The van der Waals surface area contributed by atoms with Crippen LogP contribution in [0.5, 0.6) is 0 Å². The van der Waals surface area contributed by atoms with Crippen molar-refractivity contribution >= 4 is 21.8 Å². The average Bonchev–Trinajstić information content (AvgIpc) is 2.42. The molecule has 0 aliphatic heterocycles. The molecule has 0 saturated carbocycles. The summed E-state index contributed by atoms with van der Waals surface area (Å²) in [6, 6.07) is 9.72. The number of carbonyl (C=O) groups is 1. The van der Waals surface area contributed by atoms with Crippen LogP contribution in [0.1, 0.15) is 40.1 Å². The molecule has 0 spiro atoms. The Hall–Kier alpha value is -1.68. The third-order valence-corrected chi connectivity index (χ3v) is 3.68. The van der Waals surface area contributed by atoms with Crippen LogP contribution in [0.3, 0.4) is 0 Å². The molecule has 0 bridgehead atoms. The summed E-state index contributed by atoms with van der Waals surface area (Å²) in [6.07, 6.45) is 1.62. The van der Waals surface area contributed by atoms with E-state index in [-0.39, 0.29) is 11.9 Å². The molecule has 104 valence electrons. The van der Waals surface area contributed by atoms with Gasteiger partial charge in [0.2, 0.25) is 0 Å². The van der Waals surface area contributed by atoms with Gasteiger partial charge in [-0.25, -0.2) is 4.98 Å². The zero-order valence-electron chi connectivity index (χ0n) is 11.8. The summed E-state index contributed by atoms with van der Waals surface area (Å²) in [5, 5.41) is 2.98. The summed E-state index contributed by atoms with van der Waals surface area (Å²) < 4.78 is 0.858. The van der Waals surface area contributed by atoms with Crippen LogP contribution in [-0.4, -0.2) is 10.9 Å². The van der Waals surface area contributed by atoms with Crippen molar-refractivity contribution in [3.05, 3.63) is 63.4 Å². The summed E-state index contributed by atoms with van der Waals surface area (Å²) >= 11 is 3.31. The van der Waals surface area contributed by atoms with E-state index in [2.05, 4.69) is 51.4 Å². The Kier molecular flexibility index (Phi) is 4.55. The van der Waals surface area contributed by atoms with Gasteiger partial charge in [0.05, 0.1) is 6.04 Å². The zero-order chi connectivity index (χ0) is 14.7. The highest BCUT2D eigenvalue weighted by molar-refractivity contribution is 9.10. The molecule has 0 saturated heterocycles. The summed E-state index contributed by atoms with van der Waals surface area (Å²) in [7, 11) is 0. The normalized spacial score (nSPS) is 12.0. The molecule has 1 aromatic heterocycles. The van der Waals surface area contributed by atoms with Crippen molar-refractivity contribution in [1.82, 2.24) is 10.3 Å². The van der Waals surface area contributed by atoms with Gasteiger partial charge in [0.15, 0.2) is 0 Å². The average molecular weight is 333 g/mol. The fraction of sp³-hybridized carbons (Fsp3) is 0.250. The Morgan fingerprint density at radius 1 is 1.25 bits per heavy atom. The van der Waals surface area contributed by atoms with Crippen molar-refractivity contribution in [3.8, 4) is 0 Å². The molecule has 1 heterocycles. The monoisotopic (exact) mass is 332 g/mol. The van der Waals surface area contributed by atoms with Crippen molar-refractivity contribution in [1.29, 1.82) is 0 Å². The first kappa shape index (κ1) is 14.7. The molecule has 0 aliphatic carbocycles. The number of nitrogens with zero attached hydrogens (tertiary/aromatic N) is 1. The van der Waals surface area contributed by atoms with Crippen LogP contribution in [0.15, 0.2) is 41.0 Å². The number of aromatic nitrogens is 1. The van der Waals surface area contributed by atoms with Gasteiger partial charge in [-0.3, -0.25) is 4.79 Å². The predicted octanol–water partition coefficient (Wildman–Crippen LogP) is 3.95. The first-order valence-electron chi connectivity index (χ1n) is 6.47. The minimum absolute atomic E-state index is 0.0483. The lowest BCUT2D eigenvalue weighted by molar-refractivity contribution is 0.0934. The van der Waals surface area contributed by atoms with Crippen LogP contribution in [-0.2, 0) is 0 Å². The Bertz CT molecular complexity index is 623. The van der Waals surface area contributed by atoms with Crippen molar-refractivity contribution in [2.24, 2.45) is 0 Å². The number of rotatable bonds is 3. The van der Waals surface area contributed by atoms with Crippen LogP contribution in [0.2, 0.25) is 0 Å². The van der Waals surface area contributed by atoms with Gasteiger partial charge >= 0.3 is 0 Å². The lowest BCUT2D eigenvalue weighted by atomic mass is 10.00. The predicted molar refractivity (Wildman–Crippen MR) is 83.7 cm³/mol. The van der Waals surface area contributed by atoms with E-state index in [4.69, 9.17) is 0 Å². The molecular formula is C16H17BrN2O. The van der Waals surface area contributed by atoms with Crippen LogP contribution < -0.4 is 5.32 Å². The quantitative estimate of drug-likeness (QED) is 0.924. The minimum Gasteiger partial charge on any atom is -0.344 e. The maximum Gasteiger partial charge on any atom is 0.270 e. The number of aryl methyl sites for hydroxylation is 2. The van der Waals surface area contributed by atoms with Gasteiger partial charge in [0, 0.05) is 10.7 Å². The van der Waals surface area contributed by atoms with Crippen LogP contribution in [0.4, 0.5) is 0 Å². The van der Waals surface area contributed by atoms with Gasteiger partial charge in [-0.2, -0.15) is 0 Å². The van der Waals surface area contributed by atoms with Crippen LogP contribution >= 0.6 is 15.9 Å². The molecule has 2 rings (SSSR count). The van der Waals surface area contributed by atoms with Gasteiger partial charge in [-0.05, 0) is 60.0 Å². The lowest BCUT2D eigenvalue weighted by Gasteiger charge is -2.17. The third kappa shape index (κ3) is 3.45. The standard InChI is InChI=1S/C16H17BrN2O/c1-10-4-5-11(2)14(8-10)12(3)19-16(20)15-7-6-13(17)9-18-15/h4-9,12H,1-3H3,(H,19,20). The highest BCUT2D eigenvalue weighted by Gasteiger charge is 2.14. The van der Waals surface area contributed by atoms with Crippen molar-refractivity contribution in [2.75, 3.05) is 0 Å². The number of pyridine rings is 1. The number of carbonyl (C=O) groups excluding carboxylic acids is 1. The van der Waals surface area contributed by atoms with Gasteiger partial charge in [-0.1, -0.05) is 23.8 Å². The van der Waals surface area contributed by atoms with Crippen LogP contribution in [0, 0.1) is 13.8 Å². The van der Waals surface area contributed by atoms with E-state index in [0.717, 1.165) is 10.0 Å².